The summed E-state index contributed by atoms with van der Waals surface area (Å²) in [5.41, 5.74) is 1.06. The number of hydrogen-bond acceptors (Lipinski definition) is 6. The summed E-state index contributed by atoms with van der Waals surface area (Å²) < 4.78 is 10.7. The molecule has 7 heteroatoms. The van der Waals surface area contributed by atoms with Crippen LogP contribution in [0.5, 0.6) is 11.5 Å². The first-order chi connectivity index (χ1) is 13.9. The Kier molecular flexibility index (Phi) is 5.53. The van der Waals surface area contributed by atoms with Gasteiger partial charge in [0.15, 0.2) is 11.5 Å². The van der Waals surface area contributed by atoms with Gasteiger partial charge in [-0.25, -0.2) is 4.98 Å². The molecule has 1 aliphatic heterocycles. The number of aromatic nitrogens is 1. The quantitative estimate of drug-likeness (QED) is 0.818. The first-order valence-electron chi connectivity index (χ1n) is 10.2. The van der Waals surface area contributed by atoms with Gasteiger partial charge in [0.25, 0.3) is 5.91 Å². The second-order valence-corrected chi connectivity index (χ2v) is 9.05. The minimum absolute atomic E-state index is 0.0272. The molecule has 1 saturated carbocycles. The standard InChI is InChI=1S/C22H28N2O4S/c1-14-19(21(25)24-11-10-22(26)9-5-4-6-16(22)13-24)29-20(23-14)15-7-8-17(27-2)18(12-15)28-3/h7-8,12,16,26H,4-6,9-11,13H2,1-3H3/t16-,22+/m0/s1. The molecule has 1 aromatic heterocycles. The highest BCUT2D eigenvalue weighted by Gasteiger charge is 2.44. The van der Waals surface area contributed by atoms with Crippen molar-refractivity contribution in [2.45, 2.75) is 44.6 Å². The van der Waals surface area contributed by atoms with E-state index in [2.05, 4.69) is 4.98 Å². The molecule has 2 heterocycles. The normalized spacial score (nSPS) is 24.1. The van der Waals surface area contributed by atoms with E-state index in [1.165, 1.54) is 11.3 Å². The molecule has 29 heavy (non-hydrogen) atoms. The molecular weight excluding hydrogens is 388 g/mol. The molecule has 6 nitrogen and oxygen atoms in total. The van der Waals surface area contributed by atoms with Crippen LogP contribution in [0.15, 0.2) is 18.2 Å². The summed E-state index contributed by atoms with van der Waals surface area (Å²) in [6, 6.07) is 5.66. The summed E-state index contributed by atoms with van der Waals surface area (Å²) in [5, 5.41) is 11.7. The largest absolute Gasteiger partial charge is 0.493 e. The number of thiazole rings is 1. The van der Waals surface area contributed by atoms with Crippen molar-refractivity contribution < 1.29 is 19.4 Å². The van der Waals surface area contributed by atoms with E-state index in [4.69, 9.17) is 9.47 Å². The molecule has 1 saturated heterocycles. The van der Waals surface area contributed by atoms with Gasteiger partial charge in [-0.15, -0.1) is 11.3 Å². The predicted molar refractivity (Wildman–Crippen MR) is 113 cm³/mol. The van der Waals surface area contributed by atoms with Gasteiger partial charge in [-0.05, 0) is 44.4 Å². The summed E-state index contributed by atoms with van der Waals surface area (Å²) in [6.45, 7) is 3.13. The van der Waals surface area contributed by atoms with Crippen LogP contribution in [0.1, 0.15) is 47.5 Å². The van der Waals surface area contributed by atoms with Gasteiger partial charge >= 0.3 is 0 Å². The van der Waals surface area contributed by atoms with E-state index in [0.717, 1.165) is 41.9 Å². The van der Waals surface area contributed by atoms with Crippen LogP contribution in [-0.4, -0.2) is 53.8 Å². The van der Waals surface area contributed by atoms with Crippen molar-refractivity contribution in [3.8, 4) is 22.1 Å². The van der Waals surface area contributed by atoms with Crippen LogP contribution in [0, 0.1) is 12.8 Å². The average Bonchev–Trinajstić information content (AvgIpc) is 3.13. The molecule has 1 aromatic carbocycles. The maximum Gasteiger partial charge on any atom is 0.265 e. The van der Waals surface area contributed by atoms with Gasteiger partial charge in [0.1, 0.15) is 9.88 Å². The molecular formula is C22H28N2O4S. The van der Waals surface area contributed by atoms with Crippen molar-refractivity contribution >= 4 is 17.2 Å². The molecule has 4 rings (SSSR count). The Labute approximate surface area is 175 Å². The summed E-state index contributed by atoms with van der Waals surface area (Å²) in [5.74, 6) is 1.51. The minimum Gasteiger partial charge on any atom is -0.493 e. The van der Waals surface area contributed by atoms with Crippen molar-refractivity contribution in [3.63, 3.8) is 0 Å². The Morgan fingerprint density at radius 2 is 2.03 bits per heavy atom. The van der Waals surface area contributed by atoms with Crippen LogP contribution < -0.4 is 9.47 Å². The van der Waals surface area contributed by atoms with Crippen LogP contribution in [0.2, 0.25) is 0 Å². The summed E-state index contributed by atoms with van der Waals surface area (Å²) in [6.07, 6.45) is 4.76. The number of carbonyl (C=O) groups excluding carboxylic acids is 1. The van der Waals surface area contributed by atoms with Gasteiger partial charge < -0.3 is 19.5 Å². The van der Waals surface area contributed by atoms with E-state index in [1.54, 1.807) is 14.2 Å². The number of carbonyl (C=O) groups is 1. The van der Waals surface area contributed by atoms with E-state index in [9.17, 15) is 9.90 Å². The maximum atomic E-state index is 13.2. The zero-order chi connectivity index (χ0) is 20.6. The lowest BCUT2D eigenvalue weighted by Crippen LogP contribution is -2.54. The zero-order valence-corrected chi connectivity index (χ0v) is 18.1. The maximum absolute atomic E-state index is 13.2. The molecule has 0 radical (unpaired) electrons. The number of piperidine rings is 1. The fraction of sp³-hybridized carbons (Fsp3) is 0.545. The van der Waals surface area contributed by atoms with Crippen LogP contribution in [-0.2, 0) is 0 Å². The highest BCUT2D eigenvalue weighted by Crippen LogP contribution is 2.41. The number of aryl methyl sites for hydroxylation is 1. The van der Waals surface area contributed by atoms with Crippen LogP contribution >= 0.6 is 11.3 Å². The number of amides is 1. The van der Waals surface area contributed by atoms with Crippen LogP contribution in [0.25, 0.3) is 10.6 Å². The van der Waals surface area contributed by atoms with E-state index < -0.39 is 5.60 Å². The van der Waals surface area contributed by atoms with E-state index in [1.807, 2.05) is 30.0 Å². The fourth-order valence-corrected chi connectivity index (χ4v) is 5.62. The lowest BCUT2D eigenvalue weighted by atomic mass is 9.71. The number of aliphatic hydroxyl groups is 1. The SMILES string of the molecule is COc1ccc(-c2nc(C)c(C(=O)N3CC[C@]4(O)CCCC[C@H]4C3)s2)cc1OC. The molecule has 1 aliphatic carbocycles. The predicted octanol–water partition coefficient (Wildman–Crippen LogP) is 3.90. The monoisotopic (exact) mass is 416 g/mol. The Balaban J connectivity index is 1.56. The molecule has 2 aromatic rings. The van der Waals surface area contributed by atoms with E-state index in [-0.39, 0.29) is 11.8 Å². The van der Waals surface area contributed by atoms with Gasteiger partial charge in [-0.3, -0.25) is 4.79 Å². The average molecular weight is 417 g/mol. The summed E-state index contributed by atoms with van der Waals surface area (Å²) in [4.78, 5) is 20.5. The van der Waals surface area contributed by atoms with Gasteiger partial charge in [0.2, 0.25) is 0 Å². The third kappa shape index (κ3) is 3.73. The van der Waals surface area contributed by atoms with Gasteiger partial charge in [0.05, 0.1) is 25.5 Å². The molecule has 0 bridgehead atoms. The molecule has 1 amide bonds. The number of likely N-dealkylation sites (tertiary alicyclic amines) is 1. The molecule has 2 atom stereocenters. The minimum atomic E-state index is -0.581. The Morgan fingerprint density at radius 1 is 1.24 bits per heavy atom. The Hall–Kier alpha value is -2.12. The van der Waals surface area contributed by atoms with Gasteiger partial charge in [0, 0.05) is 24.6 Å². The van der Waals surface area contributed by atoms with E-state index in [0.29, 0.717) is 35.9 Å². The number of fused-ring (bicyclic) bond motifs is 1. The lowest BCUT2D eigenvalue weighted by Gasteiger charge is -2.47. The second kappa shape index (κ2) is 7.95. The smallest absolute Gasteiger partial charge is 0.265 e. The number of hydrogen-bond donors (Lipinski definition) is 1. The number of nitrogens with zero attached hydrogens (tertiary/aromatic N) is 2. The molecule has 0 spiro atoms. The Bertz CT molecular complexity index is 912. The molecule has 2 fully saturated rings. The number of ether oxygens (including phenoxy) is 2. The third-order valence-electron chi connectivity index (χ3n) is 6.34. The first kappa shape index (κ1) is 20.2. The topological polar surface area (TPSA) is 71.9 Å². The van der Waals surface area contributed by atoms with E-state index >= 15 is 0 Å². The number of rotatable bonds is 4. The lowest BCUT2D eigenvalue weighted by molar-refractivity contribution is -0.0885. The zero-order valence-electron chi connectivity index (χ0n) is 17.2. The summed E-state index contributed by atoms with van der Waals surface area (Å²) in [7, 11) is 3.21. The summed E-state index contributed by atoms with van der Waals surface area (Å²) >= 11 is 1.41. The van der Waals surface area contributed by atoms with Crippen LogP contribution in [0.3, 0.4) is 0 Å². The fourth-order valence-electron chi connectivity index (χ4n) is 4.59. The number of methoxy groups -OCH3 is 2. The molecule has 0 unspecified atom stereocenters. The van der Waals surface area contributed by atoms with Crippen molar-refractivity contribution in [3.05, 3.63) is 28.8 Å². The van der Waals surface area contributed by atoms with Gasteiger partial charge in [-0.1, -0.05) is 12.8 Å². The highest BCUT2D eigenvalue weighted by molar-refractivity contribution is 7.17. The van der Waals surface area contributed by atoms with Crippen molar-refractivity contribution in [2.24, 2.45) is 5.92 Å². The van der Waals surface area contributed by atoms with Crippen LogP contribution in [0.4, 0.5) is 0 Å². The van der Waals surface area contributed by atoms with Gasteiger partial charge in [-0.2, -0.15) is 0 Å². The Morgan fingerprint density at radius 3 is 2.79 bits per heavy atom. The molecule has 156 valence electrons. The van der Waals surface area contributed by atoms with Crippen molar-refractivity contribution in [1.82, 2.24) is 9.88 Å². The molecule has 2 aliphatic rings. The third-order valence-corrected chi connectivity index (χ3v) is 7.53. The van der Waals surface area contributed by atoms with Crippen molar-refractivity contribution in [1.29, 1.82) is 0 Å². The van der Waals surface area contributed by atoms with Crippen molar-refractivity contribution in [2.75, 3.05) is 27.3 Å². The highest BCUT2D eigenvalue weighted by atomic mass is 32.1. The first-order valence-corrected chi connectivity index (χ1v) is 11.0. The number of benzene rings is 1. The second-order valence-electron chi connectivity index (χ2n) is 8.05. The molecule has 1 N–H and O–H groups in total.